The number of alkyl halides is 1. The minimum Gasteiger partial charge on any atom is -0.337 e. The Morgan fingerprint density at radius 2 is 2.38 bits per heavy atom. The van der Waals surface area contributed by atoms with Gasteiger partial charge in [-0.3, -0.25) is 4.79 Å². The number of carbonyl (C=O) groups is 1. The van der Waals surface area contributed by atoms with Crippen molar-refractivity contribution in [3.63, 3.8) is 0 Å². The van der Waals surface area contributed by atoms with Crippen LogP contribution in [-0.4, -0.2) is 28.7 Å². The van der Waals surface area contributed by atoms with E-state index in [-0.39, 0.29) is 5.91 Å². The molecule has 1 aliphatic rings. The Kier molecular flexibility index (Phi) is 4.08. The smallest absolute Gasteiger partial charge is 0.254 e. The summed E-state index contributed by atoms with van der Waals surface area (Å²) in [6.07, 6.45) is 1.08. The standard InChI is InChI=1S/C11H13Br2NOS/c1-7-2-3-14(5-9(7)12)11(15)8-4-10(13)16-6-8/h4,6-7,9H,2-3,5H2,1H3. The number of amides is 1. The Bertz CT molecular complexity index is 393. The van der Waals surface area contributed by atoms with Gasteiger partial charge in [0.2, 0.25) is 0 Å². The average Bonchev–Trinajstić information content (AvgIpc) is 2.68. The Morgan fingerprint density at radius 1 is 1.62 bits per heavy atom. The molecular weight excluding hydrogens is 354 g/mol. The van der Waals surface area contributed by atoms with Crippen LogP contribution in [0.1, 0.15) is 23.7 Å². The lowest BCUT2D eigenvalue weighted by Gasteiger charge is -2.34. The molecule has 2 rings (SSSR count). The van der Waals surface area contributed by atoms with E-state index in [1.54, 1.807) is 11.3 Å². The second-order valence-electron chi connectivity index (χ2n) is 4.17. The zero-order valence-electron chi connectivity index (χ0n) is 8.95. The molecule has 0 saturated carbocycles. The average molecular weight is 367 g/mol. The SMILES string of the molecule is CC1CCN(C(=O)c2csc(Br)c2)CC1Br. The fraction of sp³-hybridized carbons (Fsp3) is 0.545. The Hall–Kier alpha value is 0.130. The van der Waals surface area contributed by atoms with Crippen LogP contribution in [0.25, 0.3) is 0 Å². The lowest BCUT2D eigenvalue weighted by Crippen LogP contribution is -2.43. The van der Waals surface area contributed by atoms with E-state index in [4.69, 9.17) is 0 Å². The highest BCUT2D eigenvalue weighted by atomic mass is 79.9. The minimum absolute atomic E-state index is 0.151. The number of carbonyl (C=O) groups excluding carboxylic acids is 1. The van der Waals surface area contributed by atoms with Crippen LogP contribution in [0, 0.1) is 5.92 Å². The van der Waals surface area contributed by atoms with Crippen molar-refractivity contribution in [2.75, 3.05) is 13.1 Å². The van der Waals surface area contributed by atoms with E-state index in [9.17, 15) is 4.79 Å². The summed E-state index contributed by atoms with van der Waals surface area (Å²) >= 11 is 8.58. The van der Waals surface area contributed by atoms with Crippen LogP contribution in [0.3, 0.4) is 0 Å². The van der Waals surface area contributed by atoms with E-state index < -0.39 is 0 Å². The van der Waals surface area contributed by atoms with Gasteiger partial charge in [-0.1, -0.05) is 22.9 Å². The summed E-state index contributed by atoms with van der Waals surface area (Å²) in [7, 11) is 0. The molecule has 0 radical (unpaired) electrons. The Labute approximate surface area is 116 Å². The molecule has 2 nitrogen and oxygen atoms in total. The van der Waals surface area contributed by atoms with Crippen LogP contribution in [0.15, 0.2) is 15.2 Å². The molecule has 2 atom stereocenters. The molecule has 2 unspecified atom stereocenters. The fourth-order valence-corrected chi connectivity index (χ4v) is 3.56. The first-order valence-corrected chi connectivity index (χ1v) is 7.84. The molecule has 1 aromatic rings. The van der Waals surface area contributed by atoms with Crippen molar-refractivity contribution in [2.45, 2.75) is 18.2 Å². The molecule has 88 valence electrons. The Morgan fingerprint density at radius 3 is 2.94 bits per heavy atom. The van der Waals surface area contributed by atoms with E-state index >= 15 is 0 Å². The highest BCUT2D eigenvalue weighted by Crippen LogP contribution is 2.26. The molecule has 0 spiro atoms. The molecule has 0 bridgehead atoms. The second kappa shape index (κ2) is 5.19. The lowest BCUT2D eigenvalue weighted by atomic mass is 9.99. The normalized spacial score (nSPS) is 25.8. The molecule has 1 fully saturated rings. The fourth-order valence-electron chi connectivity index (χ4n) is 1.81. The van der Waals surface area contributed by atoms with Crippen LogP contribution in [0.2, 0.25) is 0 Å². The van der Waals surface area contributed by atoms with Crippen LogP contribution in [-0.2, 0) is 0 Å². The molecule has 1 saturated heterocycles. The summed E-state index contributed by atoms with van der Waals surface area (Å²) in [5.41, 5.74) is 0.797. The quantitative estimate of drug-likeness (QED) is 0.693. The van der Waals surface area contributed by atoms with Crippen molar-refractivity contribution in [3.05, 3.63) is 20.8 Å². The lowest BCUT2D eigenvalue weighted by molar-refractivity contribution is 0.0706. The number of piperidine rings is 1. The first kappa shape index (κ1) is 12.6. The van der Waals surface area contributed by atoms with Gasteiger partial charge < -0.3 is 4.90 Å². The molecule has 0 N–H and O–H groups in total. The monoisotopic (exact) mass is 365 g/mol. The van der Waals surface area contributed by atoms with Crippen molar-refractivity contribution < 1.29 is 4.79 Å². The molecule has 1 amide bonds. The van der Waals surface area contributed by atoms with E-state index in [1.807, 2.05) is 16.3 Å². The van der Waals surface area contributed by atoms with E-state index in [2.05, 4.69) is 38.8 Å². The van der Waals surface area contributed by atoms with Gasteiger partial charge in [0.25, 0.3) is 5.91 Å². The van der Waals surface area contributed by atoms with E-state index in [0.29, 0.717) is 10.7 Å². The maximum Gasteiger partial charge on any atom is 0.254 e. The summed E-state index contributed by atoms with van der Waals surface area (Å²) in [4.78, 5) is 14.5. The summed E-state index contributed by atoms with van der Waals surface area (Å²) in [5.74, 6) is 0.802. The van der Waals surface area contributed by atoms with Gasteiger partial charge >= 0.3 is 0 Å². The third-order valence-electron chi connectivity index (χ3n) is 2.97. The number of hydrogen-bond donors (Lipinski definition) is 0. The van der Waals surface area contributed by atoms with Crippen LogP contribution in [0.4, 0.5) is 0 Å². The number of thiophene rings is 1. The van der Waals surface area contributed by atoms with Gasteiger partial charge in [-0.25, -0.2) is 0 Å². The van der Waals surface area contributed by atoms with Crippen LogP contribution in [0.5, 0.6) is 0 Å². The molecule has 1 aromatic heterocycles. The number of nitrogens with zero attached hydrogens (tertiary/aromatic N) is 1. The molecule has 1 aliphatic heterocycles. The first-order valence-electron chi connectivity index (χ1n) is 5.25. The Balaban J connectivity index is 2.06. The van der Waals surface area contributed by atoms with E-state index in [1.165, 1.54) is 0 Å². The third kappa shape index (κ3) is 2.68. The van der Waals surface area contributed by atoms with Crippen LogP contribution >= 0.6 is 43.2 Å². The summed E-state index contributed by atoms with van der Waals surface area (Å²) in [6, 6.07) is 1.90. The number of rotatable bonds is 1. The highest BCUT2D eigenvalue weighted by molar-refractivity contribution is 9.11. The van der Waals surface area contributed by atoms with Gasteiger partial charge in [0.05, 0.1) is 9.35 Å². The molecule has 0 aromatic carbocycles. The van der Waals surface area contributed by atoms with Crippen molar-refractivity contribution in [1.29, 1.82) is 0 Å². The zero-order valence-corrected chi connectivity index (χ0v) is 12.9. The predicted molar refractivity (Wildman–Crippen MR) is 74.4 cm³/mol. The topological polar surface area (TPSA) is 20.3 Å². The van der Waals surface area contributed by atoms with E-state index in [0.717, 1.165) is 28.9 Å². The van der Waals surface area contributed by atoms with Crippen molar-refractivity contribution >= 4 is 49.1 Å². The summed E-state index contributed by atoms with van der Waals surface area (Å²) in [6.45, 7) is 3.91. The largest absolute Gasteiger partial charge is 0.337 e. The van der Waals surface area contributed by atoms with Gasteiger partial charge in [0, 0.05) is 23.3 Å². The van der Waals surface area contributed by atoms with Gasteiger partial charge in [-0.2, -0.15) is 0 Å². The van der Waals surface area contributed by atoms with Gasteiger partial charge in [0.1, 0.15) is 0 Å². The minimum atomic E-state index is 0.151. The zero-order chi connectivity index (χ0) is 11.7. The van der Waals surface area contributed by atoms with Crippen LogP contribution < -0.4 is 0 Å². The predicted octanol–water partition coefficient (Wildman–Crippen LogP) is 3.76. The number of halogens is 2. The summed E-state index contributed by atoms with van der Waals surface area (Å²) < 4.78 is 1.01. The van der Waals surface area contributed by atoms with Crippen molar-refractivity contribution in [2.24, 2.45) is 5.92 Å². The van der Waals surface area contributed by atoms with Crippen molar-refractivity contribution in [1.82, 2.24) is 4.90 Å². The van der Waals surface area contributed by atoms with Gasteiger partial charge in [-0.15, -0.1) is 11.3 Å². The molecular formula is C11H13Br2NOS. The van der Waals surface area contributed by atoms with Crippen molar-refractivity contribution in [3.8, 4) is 0 Å². The highest BCUT2D eigenvalue weighted by Gasteiger charge is 2.27. The maximum atomic E-state index is 12.2. The molecule has 0 aliphatic carbocycles. The number of hydrogen-bond acceptors (Lipinski definition) is 2. The first-order chi connectivity index (χ1) is 7.58. The second-order valence-corrected chi connectivity index (χ2v) is 7.64. The molecule has 5 heteroatoms. The van der Waals surface area contributed by atoms with Gasteiger partial charge in [-0.05, 0) is 34.3 Å². The van der Waals surface area contributed by atoms with Gasteiger partial charge in [0.15, 0.2) is 0 Å². The third-order valence-corrected chi connectivity index (χ3v) is 5.66. The summed E-state index contributed by atoms with van der Waals surface area (Å²) in [5, 5.41) is 1.91. The maximum absolute atomic E-state index is 12.2. The number of likely N-dealkylation sites (tertiary alicyclic amines) is 1. The molecule has 16 heavy (non-hydrogen) atoms. The molecule has 2 heterocycles.